The van der Waals surface area contributed by atoms with E-state index in [1.54, 1.807) is 0 Å². The first kappa shape index (κ1) is 24.4. The Morgan fingerprint density at radius 3 is 1.31 bits per heavy atom. The third-order valence-corrected chi connectivity index (χ3v) is 0.341. The summed E-state index contributed by atoms with van der Waals surface area (Å²) in [4.78, 5) is 28.8. The van der Waals surface area contributed by atoms with Gasteiger partial charge in [0.15, 0.2) is 0 Å². The first-order valence-electron chi connectivity index (χ1n) is 1.88. The maximum Gasteiger partial charge on any atom is 2.00 e. The third-order valence-electron chi connectivity index (χ3n) is 0.341. The topological polar surface area (TPSA) is 110 Å². The van der Waals surface area contributed by atoms with E-state index < -0.39 is 18.5 Å². The Morgan fingerprint density at radius 1 is 0.923 bits per heavy atom. The van der Waals surface area contributed by atoms with E-state index in [0.29, 0.717) is 0 Å². The van der Waals surface area contributed by atoms with Crippen molar-refractivity contribution in [2.45, 2.75) is 0 Å². The van der Waals surface area contributed by atoms with Gasteiger partial charge in [-0.25, -0.2) is 14.4 Å². The predicted molar refractivity (Wildman–Crippen MR) is 47.5 cm³/mol. The van der Waals surface area contributed by atoms with Gasteiger partial charge in [-0.05, 0) is 0 Å². The maximum atomic E-state index is 9.86. The molecule has 2 N–H and O–H groups in total. The normalized spacial score (nSPS) is 6.15. The summed E-state index contributed by atoms with van der Waals surface area (Å²) in [6.45, 7) is 0. The first-order chi connectivity index (χ1) is 4.52. The molecule has 0 amide bonds. The maximum absolute atomic E-state index is 9.86. The minimum atomic E-state index is -1.92. The monoisotopic (exact) mass is 456 g/mol. The molecule has 0 radical (unpaired) electrons. The number of carbonyl (C=O) groups excluding carboxylic acids is 1. The van der Waals surface area contributed by atoms with Crippen LogP contribution in [0.25, 0.3) is 0 Å². The van der Waals surface area contributed by atoms with E-state index in [0.717, 1.165) is 0 Å². The van der Waals surface area contributed by atoms with Crippen LogP contribution in [-0.2, 0) is 9.47 Å². The molecule has 0 saturated carbocycles. The zero-order valence-electron chi connectivity index (χ0n) is 12.6. The van der Waals surface area contributed by atoms with Crippen LogP contribution in [0.2, 0.25) is 0 Å². The Hall–Kier alpha value is 2.12. The minimum absolute atomic E-state index is 0. The summed E-state index contributed by atoms with van der Waals surface area (Å²) >= 11 is 0. The van der Waals surface area contributed by atoms with Crippen molar-refractivity contribution in [2.75, 3.05) is 0 Å². The molecule has 0 aliphatic rings. The van der Waals surface area contributed by atoms with Crippen LogP contribution in [0, 0.1) is 0 Å². The van der Waals surface area contributed by atoms with Gasteiger partial charge in [-0.2, -0.15) is 0 Å². The van der Waals surface area contributed by atoms with Crippen LogP contribution in [0.4, 0.5) is 14.4 Å². The van der Waals surface area contributed by atoms with Crippen LogP contribution in [0.15, 0.2) is 0 Å². The van der Waals surface area contributed by atoms with Gasteiger partial charge in [0.25, 0.3) is 0 Å². The standard InChI is InChI=1S/C3H2O7.2Ba.Mg.6H/c4-1(5)9-3(8)10-2(6)7;;;;;;;;;/h(H,4,5)(H,6,7);;;;;;;;;/q;3*+2;6*-1. The van der Waals surface area contributed by atoms with Gasteiger partial charge in [0, 0.05) is 0 Å². The zero-order valence-corrected chi connectivity index (χ0v) is 16.9. The summed E-state index contributed by atoms with van der Waals surface area (Å²) in [5, 5.41) is 15.4. The largest absolute Gasteiger partial charge is 2.00 e. The molecule has 0 rings (SSSR count). The number of rotatable bonds is 0. The Balaban J connectivity index is -0.0000000112. The molecule has 68 valence electrons. The number of ether oxygens (including phenoxy) is 2. The van der Waals surface area contributed by atoms with Crippen LogP contribution >= 0.6 is 0 Å². The van der Waals surface area contributed by atoms with Gasteiger partial charge in [-0.15, -0.1) is 0 Å². The molecule has 0 spiro atoms. The molecular formula is C3H8Ba2MgO7. The van der Waals surface area contributed by atoms with Crippen LogP contribution in [0.1, 0.15) is 8.56 Å². The van der Waals surface area contributed by atoms with E-state index in [-0.39, 0.29) is 129 Å². The number of carbonyl (C=O) groups is 3. The number of hydrogen-bond donors (Lipinski definition) is 2. The van der Waals surface area contributed by atoms with Crippen molar-refractivity contribution in [3.05, 3.63) is 0 Å². The zero-order chi connectivity index (χ0) is 8.15. The summed E-state index contributed by atoms with van der Waals surface area (Å²) in [6, 6.07) is 0. The van der Waals surface area contributed by atoms with Crippen molar-refractivity contribution in [1.82, 2.24) is 0 Å². The van der Waals surface area contributed by atoms with Crippen LogP contribution in [0.3, 0.4) is 0 Å². The molecule has 0 fully saturated rings. The number of hydrogen-bond acceptors (Lipinski definition) is 5. The molecule has 0 aromatic carbocycles. The van der Waals surface area contributed by atoms with Crippen molar-refractivity contribution >= 4 is 139 Å². The summed E-state index contributed by atoms with van der Waals surface area (Å²) in [6.07, 6.45) is -5.64. The van der Waals surface area contributed by atoms with Crippen molar-refractivity contribution in [3.8, 4) is 0 Å². The van der Waals surface area contributed by atoms with E-state index in [2.05, 4.69) is 9.47 Å². The Kier molecular flexibility index (Phi) is 26.5. The smallest absolute Gasteiger partial charge is 1.00 e. The fourth-order valence-corrected chi connectivity index (χ4v) is 0.163. The van der Waals surface area contributed by atoms with E-state index >= 15 is 0 Å². The van der Waals surface area contributed by atoms with Gasteiger partial charge < -0.3 is 28.2 Å². The average molecular weight is 455 g/mol. The van der Waals surface area contributed by atoms with Gasteiger partial charge in [0.1, 0.15) is 0 Å². The van der Waals surface area contributed by atoms with Gasteiger partial charge in [-0.3, -0.25) is 0 Å². The SMILES string of the molecule is O=C(O)OC(=O)OC(=O)O.[Ba+2].[Ba+2].[H-].[H-].[H-].[H-].[H-].[H-].[Mg+2]. The molecule has 0 bridgehead atoms. The van der Waals surface area contributed by atoms with E-state index in [1.807, 2.05) is 0 Å². The third kappa shape index (κ3) is 20.3. The Bertz CT molecular complexity index is 182. The minimum Gasteiger partial charge on any atom is -1.00 e. The molecule has 0 saturated heterocycles. The Labute approximate surface area is 178 Å². The predicted octanol–water partition coefficient (Wildman–Crippen LogP) is 0.0282. The Morgan fingerprint density at radius 2 is 1.15 bits per heavy atom. The second-order valence-electron chi connectivity index (χ2n) is 0.986. The molecule has 0 aliphatic heterocycles. The van der Waals surface area contributed by atoms with E-state index in [9.17, 15) is 14.4 Å². The molecular weight excluding hydrogens is 447 g/mol. The first-order valence-corrected chi connectivity index (χ1v) is 1.88. The molecule has 0 atom stereocenters. The molecule has 10 heteroatoms. The van der Waals surface area contributed by atoms with Crippen molar-refractivity contribution < 1.29 is 42.6 Å². The van der Waals surface area contributed by atoms with Crippen LogP contribution in [-0.4, -0.2) is 149 Å². The van der Waals surface area contributed by atoms with Crippen LogP contribution in [0.5, 0.6) is 0 Å². The molecule has 0 aromatic rings. The molecule has 0 heterocycles. The van der Waals surface area contributed by atoms with Crippen molar-refractivity contribution in [2.24, 2.45) is 0 Å². The van der Waals surface area contributed by atoms with Gasteiger partial charge >= 0.3 is 139 Å². The summed E-state index contributed by atoms with van der Waals surface area (Å²) in [5.74, 6) is 0. The fraction of sp³-hybridized carbons (Fsp3) is 0. The van der Waals surface area contributed by atoms with Crippen molar-refractivity contribution in [1.29, 1.82) is 0 Å². The molecule has 0 unspecified atom stereocenters. The summed E-state index contributed by atoms with van der Waals surface area (Å²) in [5.41, 5.74) is 0. The van der Waals surface area contributed by atoms with Gasteiger partial charge in [-0.1, -0.05) is 0 Å². The molecule has 0 aromatic heterocycles. The summed E-state index contributed by atoms with van der Waals surface area (Å²) < 4.78 is 6.47. The van der Waals surface area contributed by atoms with Gasteiger partial charge in [0.2, 0.25) is 0 Å². The van der Waals surface area contributed by atoms with Crippen LogP contribution < -0.4 is 0 Å². The average Bonchev–Trinajstić information content (AvgIpc) is 1.58. The van der Waals surface area contributed by atoms with Gasteiger partial charge in [0.05, 0.1) is 0 Å². The summed E-state index contributed by atoms with van der Waals surface area (Å²) in [7, 11) is 0. The molecule has 0 aliphatic carbocycles. The van der Waals surface area contributed by atoms with E-state index in [1.165, 1.54) is 0 Å². The van der Waals surface area contributed by atoms with E-state index in [4.69, 9.17) is 10.2 Å². The molecule has 7 nitrogen and oxygen atoms in total. The second kappa shape index (κ2) is 14.1. The van der Waals surface area contributed by atoms with Crippen molar-refractivity contribution in [3.63, 3.8) is 0 Å². The number of carboxylic acid groups (broad SMARTS) is 2. The molecule has 13 heavy (non-hydrogen) atoms. The second-order valence-corrected chi connectivity index (χ2v) is 0.986. The quantitative estimate of drug-likeness (QED) is 0.302. The fourth-order valence-electron chi connectivity index (χ4n) is 0.163.